The Morgan fingerprint density at radius 3 is 1.78 bits per heavy atom. The van der Waals surface area contributed by atoms with E-state index in [-0.39, 0.29) is 5.41 Å². The van der Waals surface area contributed by atoms with E-state index in [2.05, 4.69) is 268 Å². The third kappa shape index (κ3) is 7.30. The number of furan rings is 1. The summed E-state index contributed by atoms with van der Waals surface area (Å²) >= 11 is 0. The zero-order chi connectivity index (χ0) is 46.5. The van der Waals surface area contributed by atoms with Crippen molar-refractivity contribution in [3.8, 4) is 55.6 Å². The Balaban J connectivity index is 0.966. The number of anilines is 3. The summed E-state index contributed by atoms with van der Waals surface area (Å²) in [6.07, 6.45) is 6.21. The molecule has 11 aromatic rings. The van der Waals surface area contributed by atoms with Gasteiger partial charge in [-0.25, -0.2) is 0 Å². The Bertz CT molecular complexity index is 3740. The van der Waals surface area contributed by atoms with Crippen LogP contribution >= 0.6 is 0 Å². The molecule has 2 nitrogen and oxygen atoms in total. The smallest absolute Gasteiger partial charge is 0.143 e. The van der Waals surface area contributed by atoms with Crippen molar-refractivity contribution in [2.45, 2.75) is 19.3 Å². The van der Waals surface area contributed by atoms with Gasteiger partial charge in [0.2, 0.25) is 0 Å². The van der Waals surface area contributed by atoms with Gasteiger partial charge in [0.25, 0.3) is 0 Å². The summed E-state index contributed by atoms with van der Waals surface area (Å²) in [5.74, 6) is 0.754. The van der Waals surface area contributed by atoms with Crippen molar-refractivity contribution >= 4 is 57.0 Å². The Morgan fingerprint density at radius 1 is 0.435 bits per heavy atom. The highest BCUT2D eigenvalue weighted by atomic mass is 16.3. The van der Waals surface area contributed by atoms with Crippen molar-refractivity contribution in [3.05, 3.63) is 265 Å². The molecule has 1 aliphatic carbocycles. The molecule has 0 aliphatic heterocycles. The van der Waals surface area contributed by atoms with E-state index in [9.17, 15) is 0 Å². The number of para-hydroxylation sites is 1. The van der Waals surface area contributed by atoms with Gasteiger partial charge in [-0.05, 0) is 132 Å². The van der Waals surface area contributed by atoms with Crippen LogP contribution in [0, 0.1) is 0 Å². The fraction of sp³-hybridized carbons (Fsp3) is 0.0448. The van der Waals surface area contributed by atoms with Crippen molar-refractivity contribution < 1.29 is 4.42 Å². The second kappa shape index (κ2) is 17.2. The number of rotatable bonds is 10. The molecule has 0 fully saturated rings. The largest absolute Gasteiger partial charge is 0.455 e. The van der Waals surface area contributed by atoms with Gasteiger partial charge in [-0.2, -0.15) is 0 Å². The monoisotopic (exact) mass is 883 g/mol. The van der Waals surface area contributed by atoms with Crippen LogP contribution in [0.5, 0.6) is 0 Å². The van der Waals surface area contributed by atoms with E-state index in [1.54, 1.807) is 0 Å². The molecule has 0 saturated carbocycles. The van der Waals surface area contributed by atoms with Gasteiger partial charge < -0.3 is 9.32 Å². The second-order valence-corrected chi connectivity index (χ2v) is 18.5. The lowest BCUT2D eigenvalue weighted by Gasteiger charge is -2.28. The molecular weight excluding hydrogens is 835 g/mol. The Kier molecular flexibility index (Phi) is 10.4. The maximum absolute atomic E-state index is 6.50. The average molecular weight is 884 g/mol. The molecule has 12 rings (SSSR count). The second-order valence-electron chi connectivity index (χ2n) is 18.5. The van der Waals surface area contributed by atoms with E-state index in [0.717, 1.165) is 66.8 Å². The van der Waals surface area contributed by atoms with Gasteiger partial charge in [0, 0.05) is 33.1 Å². The maximum atomic E-state index is 6.50. The first-order valence-corrected chi connectivity index (χ1v) is 23.8. The average Bonchev–Trinajstić information content (AvgIpc) is 3.90. The van der Waals surface area contributed by atoms with Crippen molar-refractivity contribution in [3.63, 3.8) is 0 Å². The van der Waals surface area contributed by atoms with Gasteiger partial charge in [0.1, 0.15) is 11.3 Å². The van der Waals surface area contributed by atoms with Crippen molar-refractivity contribution in [1.82, 2.24) is 0 Å². The van der Waals surface area contributed by atoms with E-state index in [1.165, 1.54) is 55.6 Å². The third-order valence-electron chi connectivity index (χ3n) is 14.1. The molecule has 0 spiro atoms. The van der Waals surface area contributed by atoms with Crippen molar-refractivity contribution in [2.75, 3.05) is 4.90 Å². The highest BCUT2D eigenvalue weighted by Gasteiger charge is 2.37. The van der Waals surface area contributed by atoms with Crippen LogP contribution in [0.25, 0.3) is 95.6 Å². The molecule has 10 aromatic carbocycles. The van der Waals surface area contributed by atoms with Gasteiger partial charge in [-0.15, -0.1) is 0 Å². The highest BCUT2D eigenvalue weighted by Crippen LogP contribution is 2.52. The molecule has 1 heterocycles. The van der Waals surface area contributed by atoms with Crippen LogP contribution in [0.1, 0.15) is 41.9 Å². The number of benzene rings is 10. The molecule has 0 atom stereocenters. The van der Waals surface area contributed by atoms with Crippen LogP contribution in [-0.4, -0.2) is 0 Å². The molecular formula is C67H49NO. The molecule has 69 heavy (non-hydrogen) atoms. The van der Waals surface area contributed by atoms with E-state index in [0.29, 0.717) is 0 Å². The third-order valence-corrected chi connectivity index (χ3v) is 14.1. The first kappa shape index (κ1) is 41.7. The normalized spacial score (nSPS) is 12.6. The van der Waals surface area contributed by atoms with Gasteiger partial charge >= 0.3 is 0 Å². The summed E-state index contributed by atoms with van der Waals surface area (Å²) in [5.41, 5.74) is 21.0. The molecule has 328 valence electrons. The van der Waals surface area contributed by atoms with Gasteiger partial charge in [-0.3, -0.25) is 0 Å². The fourth-order valence-corrected chi connectivity index (χ4v) is 10.7. The van der Waals surface area contributed by atoms with Gasteiger partial charge in [0.05, 0.1) is 5.69 Å². The van der Waals surface area contributed by atoms with Crippen LogP contribution in [0.3, 0.4) is 0 Å². The lowest BCUT2D eigenvalue weighted by molar-refractivity contribution is 0.607. The number of nitrogens with zero attached hydrogens (tertiary/aromatic N) is 1. The molecule has 0 amide bonds. The zero-order valence-corrected chi connectivity index (χ0v) is 38.7. The predicted molar refractivity (Wildman–Crippen MR) is 293 cm³/mol. The quantitative estimate of drug-likeness (QED) is 0.136. The maximum Gasteiger partial charge on any atom is 0.143 e. The van der Waals surface area contributed by atoms with E-state index < -0.39 is 0 Å². The number of hydrogen-bond donors (Lipinski definition) is 0. The topological polar surface area (TPSA) is 16.4 Å². The molecule has 0 N–H and O–H groups in total. The molecule has 1 aromatic heterocycles. The van der Waals surface area contributed by atoms with Crippen LogP contribution in [0.2, 0.25) is 0 Å². The minimum absolute atomic E-state index is 0.122. The first-order valence-electron chi connectivity index (χ1n) is 23.8. The zero-order valence-electron chi connectivity index (χ0n) is 38.7. The molecule has 0 unspecified atom stereocenters. The predicted octanol–water partition coefficient (Wildman–Crippen LogP) is 18.8. The minimum Gasteiger partial charge on any atom is -0.455 e. The molecule has 0 bridgehead atoms. The Hall–Kier alpha value is -8.72. The lowest BCUT2D eigenvalue weighted by atomic mass is 9.79. The minimum atomic E-state index is -0.122. The summed E-state index contributed by atoms with van der Waals surface area (Å²) in [4.78, 5) is 2.38. The summed E-state index contributed by atoms with van der Waals surface area (Å²) in [5, 5.41) is 3.30. The molecule has 1 aliphatic rings. The summed E-state index contributed by atoms with van der Waals surface area (Å²) in [6.45, 7) is 8.86. The first-order chi connectivity index (χ1) is 33.9. The Labute approximate surface area is 404 Å². The van der Waals surface area contributed by atoms with Crippen LogP contribution in [-0.2, 0) is 5.41 Å². The SMILES string of the molecule is C=Cc1oc2c(ccc3ccccc32)c1/C=C/c1ccccc1N(c1ccc(-c2ccc(-c3ccccc3)c(-c3ccccc3)c2)cc1)c1ccc(-c2cccc3c2C(C)(C)c2ccccc2-3)cc1. The molecule has 0 radical (unpaired) electrons. The lowest BCUT2D eigenvalue weighted by Crippen LogP contribution is -2.16. The summed E-state index contributed by atoms with van der Waals surface area (Å²) in [7, 11) is 0. The van der Waals surface area contributed by atoms with Crippen LogP contribution in [0.15, 0.2) is 242 Å². The highest BCUT2D eigenvalue weighted by molar-refractivity contribution is 6.09. The van der Waals surface area contributed by atoms with Crippen LogP contribution in [0.4, 0.5) is 17.1 Å². The number of fused-ring (bicyclic) bond motifs is 6. The van der Waals surface area contributed by atoms with Crippen LogP contribution < -0.4 is 4.90 Å². The standard InChI is InChI=1S/C67H49NO/c1-4-64-58(60-43-34-48-22-11-13-24-56(48)66(60)69-64)42-35-50-23-12-16-29-63(50)68(53-39-32-49(33-40-53)55-26-17-27-59-57-25-14-15-28-62(57)67(2,3)65(55)59)52-37-30-45(31-38-52)51-36-41-54(46-18-7-5-8-19-46)61(44-51)47-20-9-6-10-21-47/h4-44H,1H2,2-3H3/b42-35+. The number of hydrogen-bond acceptors (Lipinski definition) is 2. The molecule has 0 saturated heterocycles. The van der Waals surface area contributed by atoms with E-state index >= 15 is 0 Å². The van der Waals surface area contributed by atoms with E-state index in [1.807, 2.05) is 6.08 Å². The van der Waals surface area contributed by atoms with Crippen molar-refractivity contribution in [2.24, 2.45) is 0 Å². The van der Waals surface area contributed by atoms with E-state index in [4.69, 9.17) is 4.42 Å². The summed E-state index contributed by atoms with van der Waals surface area (Å²) in [6, 6.07) is 83.4. The molecule has 2 heteroatoms. The Morgan fingerprint density at radius 2 is 1.03 bits per heavy atom. The van der Waals surface area contributed by atoms with Gasteiger partial charge in [0.15, 0.2) is 0 Å². The van der Waals surface area contributed by atoms with Crippen molar-refractivity contribution in [1.29, 1.82) is 0 Å². The fourth-order valence-electron chi connectivity index (χ4n) is 10.7. The van der Waals surface area contributed by atoms with Gasteiger partial charge in [-0.1, -0.05) is 215 Å². The summed E-state index contributed by atoms with van der Waals surface area (Å²) < 4.78 is 6.50.